The van der Waals surface area contributed by atoms with Crippen LogP contribution >= 0.6 is 0 Å². The van der Waals surface area contributed by atoms with Gasteiger partial charge in [-0.05, 0) is 72.8 Å². The monoisotopic (exact) mass is 632 g/mol. The molecule has 0 saturated heterocycles. The van der Waals surface area contributed by atoms with Crippen molar-refractivity contribution in [3.05, 3.63) is 164 Å². The molecular weight excluding hydrogens is 601 g/mol. The molecule has 0 bridgehead atoms. The number of nitrogens with zero attached hydrogens (tertiary/aromatic N) is 4. The van der Waals surface area contributed by atoms with Crippen LogP contribution in [0.25, 0.3) is 55.0 Å². The lowest BCUT2D eigenvalue weighted by atomic mass is 10.1. The molecule has 5 nitrogen and oxygen atoms in total. The first-order valence-electron chi connectivity index (χ1n) is 16.7. The van der Waals surface area contributed by atoms with Crippen molar-refractivity contribution in [3.8, 4) is 22.9 Å². The van der Waals surface area contributed by atoms with Crippen LogP contribution in [0, 0.1) is 0 Å². The van der Waals surface area contributed by atoms with Gasteiger partial charge in [0.15, 0.2) is 0 Å². The molecule has 234 valence electrons. The molecule has 7 aromatic carbocycles. The van der Waals surface area contributed by atoms with E-state index in [-0.39, 0.29) is 0 Å². The van der Waals surface area contributed by atoms with E-state index in [1.54, 1.807) is 0 Å². The van der Waals surface area contributed by atoms with Gasteiger partial charge in [-0.25, -0.2) is 0 Å². The Bertz CT molecular complexity index is 2690. The minimum atomic E-state index is 0.793. The first-order valence-corrected chi connectivity index (χ1v) is 16.7. The summed E-state index contributed by atoms with van der Waals surface area (Å²) in [5.41, 5.74) is 10.5. The van der Waals surface area contributed by atoms with E-state index < -0.39 is 0 Å². The van der Waals surface area contributed by atoms with Gasteiger partial charge in [0.2, 0.25) is 0 Å². The van der Waals surface area contributed by atoms with Crippen LogP contribution in [-0.4, -0.2) is 22.9 Å². The summed E-state index contributed by atoms with van der Waals surface area (Å²) < 4.78 is 11.4. The Labute approximate surface area is 284 Å². The summed E-state index contributed by atoms with van der Waals surface area (Å²) in [5, 5.41) is 4.88. The molecule has 3 heterocycles. The molecule has 0 aliphatic carbocycles. The molecule has 5 heteroatoms. The van der Waals surface area contributed by atoms with Gasteiger partial charge in [-0.15, -0.1) is 0 Å². The summed E-state index contributed by atoms with van der Waals surface area (Å²) in [6, 6.07) is 58.1. The third-order valence-corrected chi connectivity index (χ3v) is 9.87. The summed E-state index contributed by atoms with van der Waals surface area (Å²) in [7, 11) is 2.13. The molecule has 2 aromatic heterocycles. The lowest BCUT2D eigenvalue weighted by molar-refractivity contribution is 0.483. The second-order valence-corrected chi connectivity index (χ2v) is 12.7. The van der Waals surface area contributed by atoms with Gasteiger partial charge in [-0.1, -0.05) is 78.9 Å². The zero-order valence-electron chi connectivity index (χ0n) is 27.0. The fourth-order valence-corrected chi connectivity index (χ4v) is 7.75. The molecule has 0 spiro atoms. The van der Waals surface area contributed by atoms with Gasteiger partial charge in [0.25, 0.3) is 0 Å². The molecule has 0 radical (unpaired) electrons. The van der Waals surface area contributed by atoms with Gasteiger partial charge in [0, 0.05) is 57.8 Å². The van der Waals surface area contributed by atoms with Crippen molar-refractivity contribution < 1.29 is 4.74 Å². The number of hydrogen-bond acceptors (Lipinski definition) is 3. The normalized spacial score (nSPS) is 12.8. The molecular formula is C44H32N4O. The molecule has 0 N–H and O–H groups in total. The van der Waals surface area contributed by atoms with Crippen LogP contribution in [-0.2, 0) is 0 Å². The van der Waals surface area contributed by atoms with Crippen LogP contribution in [0.1, 0.15) is 0 Å². The van der Waals surface area contributed by atoms with E-state index in [9.17, 15) is 0 Å². The number of hydrogen-bond donors (Lipinski definition) is 0. The lowest BCUT2D eigenvalue weighted by Gasteiger charge is -2.20. The van der Waals surface area contributed by atoms with Crippen LogP contribution in [0.5, 0.6) is 11.5 Å². The van der Waals surface area contributed by atoms with Gasteiger partial charge in [0.05, 0.1) is 40.1 Å². The number of fused-ring (bicyclic) bond motifs is 8. The Hall–Kier alpha value is -6.46. The fourth-order valence-electron chi connectivity index (χ4n) is 7.75. The van der Waals surface area contributed by atoms with Gasteiger partial charge in [0.1, 0.15) is 11.5 Å². The van der Waals surface area contributed by atoms with E-state index in [4.69, 9.17) is 4.74 Å². The Morgan fingerprint density at radius 1 is 0.449 bits per heavy atom. The van der Waals surface area contributed by atoms with Gasteiger partial charge < -0.3 is 23.7 Å². The van der Waals surface area contributed by atoms with Gasteiger partial charge >= 0.3 is 0 Å². The zero-order chi connectivity index (χ0) is 32.5. The summed E-state index contributed by atoms with van der Waals surface area (Å²) >= 11 is 0. The first kappa shape index (κ1) is 27.6. The van der Waals surface area contributed by atoms with Crippen LogP contribution in [0.2, 0.25) is 0 Å². The standard InChI is InChI=1S/C44H32N4O/c1-45-29-46(40-22-11-10-21-39(40)45)32-17-12-18-33(27-32)49-34-23-24-35-36-25-26-41-43(44(36)48(42(35)28-34)31-15-6-3-7-16-31)37-19-8-9-20-38(37)47(41)30-13-4-2-5-14-30/h2-28H,29H2,1H3. The maximum atomic E-state index is 6.65. The highest BCUT2D eigenvalue weighted by molar-refractivity contribution is 6.26. The molecule has 0 amide bonds. The highest BCUT2D eigenvalue weighted by Gasteiger charge is 2.25. The number of anilines is 3. The largest absolute Gasteiger partial charge is 0.457 e. The fraction of sp³-hybridized carbons (Fsp3) is 0.0455. The zero-order valence-corrected chi connectivity index (χ0v) is 27.0. The Morgan fingerprint density at radius 2 is 1.10 bits per heavy atom. The maximum absolute atomic E-state index is 6.65. The van der Waals surface area contributed by atoms with Gasteiger partial charge in [-0.3, -0.25) is 0 Å². The predicted molar refractivity (Wildman–Crippen MR) is 203 cm³/mol. The molecule has 1 aliphatic rings. The van der Waals surface area contributed by atoms with E-state index in [0.29, 0.717) is 0 Å². The third-order valence-electron chi connectivity index (χ3n) is 9.87. The SMILES string of the molecule is CN1CN(c2cccc(Oc3ccc4c5ccc6c(c7ccccc7n6-c6ccccc6)c5n(-c5ccccc5)c4c3)c2)c2ccccc21. The lowest BCUT2D eigenvalue weighted by Crippen LogP contribution is -2.23. The van der Waals surface area contributed by atoms with E-state index in [0.717, 1.165) is 40.7 Å². The smallest absolute Gasteiger partial charge is 0.129 e. The molecule has 9 aromatic rings. The van der Waals surface area contributed by atoms with E-state index in [2.05, 4.69) is 184 Å². The van der Waals surface area contributed by atoms with E-state index in [1.807, 2.05) is 6.07 Å². The second kappa shape index (κ2) is 10.8. The van der Waals surface area contributed by atoms with E-state index in [1.165, 1.54) is 49.5 Å². The summed E-state index contributed by atoms with van der Waals surface area (Å²) in [6.07, 6.45) is 0. The third kappa shape index (κ3) is 4.26. The van der Waals surface area contributed by atoms with Crippen molar-refractivity contribution in [2.24, 2.45) is 0 Å². The second-order valence-electron chi connectivity index (χ2n) is 12.7. The number of para-hydroxylation sites is 5. The molecule has 1 aliphatic heterocycles. The summed E-state index contributed by atoms with van der Waals surface area (Å²) in [5.74, 6) is 1.60. The Morgan fingerprint density at radius 3 is 1.92 bits per heavy atom. The average Bonchev–Trinajstić information content (AvgIpc) is 3.79. The van der Waals surface area contributed by atoms with Crippen LogP contribution < -0.4 is 14.5 Å². The Balaban J connectivity index is 1.16. The van der Waals surface area contributed by atoms with Gasteiger partial charge in [-0.2, -0.15) is 0 Å². The summed E-state index contributed by atoms with van der Waals surface area (Å²) in [6.45, 7) is 0.793. The highest BCUT2D eigenvalue weighted by Crippen LogP contribution is 2.44. The molecule has 10 rings (SSSR count). The van der Waals surface area contributed by atoms with Crippen LogP contribution in [0.4, 0.5) is 17.1 Å². The highest BCUT2D eigenvalue weighted by atomic mass is 16.5. The molecule has 0 unspecified atom stereocenters. The van der Waals surface area contributed by atoms with Crippen molar-refractivity contribution >= 4 is 60.7 Å². The van der Waals surface area contributed by atoms with Crippen molar-refractivity contribution in [1.29, 1.82) is 0 Å². The molecule has 0 atom stereocenters. The minimum Gasteiger partial charge on any atom is -0.457 e. The number of benzene rings is 7. The number of ether oxygens (including phenoxy) is 1. The molecule has 49 heavy (non-hydrogen) atoms. The quantitative estimate of drug-likeness (QED) is 0.189. The van der Waals surface area contributed by atoms with Crippen molar-refractivity contribution in [3.63, 3.8) is 0 Å². The number of rotatable bonds is 5. The van der Waals surface area contributed by atoms with Crippen LogP contribution in [0.3, 0.4) is 0 Å². The number of aromatic nitrogens is 2. The minimum absolute atomic E-state index is 0.793. The van der Waals surface area contributed by atoms with Crippen LogP contribution in [0.15, 0.2) is 164 Å². The maximum Gasteiger partial charge on any atom is 0.129 e. The van der Waals surface area contributed by atoms with Crippen molar-refractivity contribution in [1.82, 2.24) is 9.13 Å². The first-order chi connectivity index (χ1) is 24.2. The Kier molecular flexibility index (Phi) is 6.09. The predicted octanol–water partition coefficient (Wildman–Crippen LogP) is 11.2. The molecule has 0 fully saturated rings. The topological polar surface area (TPSA) is 25.6 Å². The van der Waals surface area contributed by atoms with Crippen molar-refractivity contribution in [2.75, 3.05) is 23.5 Å². The van der Waals surface area contributed by atoms with Crippen molar-refractivity contribution in [2.45, 2.75) is 0 Å². The van der Waals surface area contributed by atoms with E-state index >= 15 is 0 Å². The summed E-state index contributed by atoms with van der Waals surface area (Å²) in [4.78, 5) is 4.60. The molecule has 0 saturated carbocycles. The average molecular weight is 633 g/mol.